The second-order valence-electron chi connectivity index (χ2n) is 21.9. The van der Waals surface area contributed by atoms with E-state index < -0.39 is 0 Å². The molecule has 354 valence electrons. The van der Waals surface area contributed by atoms with Crippen LogP contribution in [0.25, 0.3) is 100 Å². The van der Waals surface area contributed by atoms with Crippen molar-refractivity contribution in [1.82, 2.24) is 34.9 Å². The van der Waals surface area contributed by atoms with E-state index >= 15 is 0 Å². The number of benzene rings is 6. The molecule has 0 spiro atoms. The lowest BCUT2D eigenvalue weighted by Crippen LogP contribution is -2.11. The third-order valence-electron chi connectivity index (χ3n) is 13.4. The van der Waals surface area contributed by atoms with Crippen molar-refractivity contribution in [2.24, 2.45) is 0 Å². The normalized spacial score (nSPS) is 12.0. The maximum absolute atomic E-state index is 5.53. The van der Waals surface area contributed by atoms with E-state index in [2.05, 4.69) is 232 Å². The lowest BCUT2D eigenvalue weighted by Gasteiger charge is -2.22. The SMILES string of the molecule is CC(C)(C)c1cc(-c2cncnc2)cc(-c2cccc(-c3cc(-c4cccc(-c5cc(-c6cncnc6)cc(C(C)(C)C)c5)c4)nc(-c4cccc(-c5cc(-c6cncnc6)cc(C(C)(C)C)c5)c4)c3)c2)c1. The number of pyridine rings is 1. The fraction of sp³-hybridized carbons (Fsp3) is 0.185. The van der Waals surface area contributed by atoms with Crippen molar-refractivity contribution in [2.75, 3.05) is 0 Å². The Morgan fingerprint density at radius 1 is 0.236 bits per heavy atom. The molecule has 4 aromatic heterocycles. The summed E-state index contributed by atoms with van der Waals surface area (Å²) in [6.45, 7) is 20.3. The largest absolute Gasteiger partial charge is 0.248 e. The van der Waals surface area contributed by atoms with Gasteiger partial charge in [-0.15, -0.1) is 0 Å². The highest BCUT2D eigenvalue weighted by molar-refractivity contribution is 5.84. The molecule has 4 heterocycles. The van der Waals surface area contributed by atoms with Gasteiger partial charge in [-0.1, -0.05) is 153 Å². The molecule has 0 fully saturated rings. The van der Waals surface area contributed by atoms with Crippen LogP contribution in [0.1, 0.15) is 79.0 Å². The first-order chi connectivity index (χ1) is 34.5. The molecule has 0 bridgehead atoms. The lowest BCUT2D eigenvalue weighted by atomic mass is 9.83. The third kappa shape index (κ3) is 10.4. The van der Waals surface area contributed by atoms with Gasteiger partial charge in [0.25, 0.3) is 0 Å². The predicted octanol–water partition coefficient (Wildman–Crippen LogP) is 16.3. The maximum Gasteiger partial charge on any atom is 0.115 e. The predicted molar refractivity (Wildman–Crippen MR) is 296 cm³/mol. The van der Waals surface area contributed by atoms with Crippen LogP contribution in [-0.4, -0.2) is 34.9 Å². The molecule has 0 radical (unpaired) electrons. The molecule has 0 unspecified atom stereocenters. The molecule has 0 saturated heterocycles. The molecule has 7 nitrogen and oxygen atoms in total. The van der Waals surface area contributed by atoms with Gasteiger partial charge in [0.15, 0.2) is 0 Å². The average molecular weight is 938 g/mol. The van der Waals surface area contributed by atoms with Gasteiger partial charge in [-0.25, -0.2) is 34.9 Å². The van der Waals surface area contributed by atoms with Crippen molar-refractivity contribution in [3.8, 4) is 100 Å². The zero-order valence-corrected chi connectivity index (χ0v) is 42.6. The molecule has 0 amide bonds. The van der Waals surface area contributed by atoms with E-state index in [9.17, 15) is 0 Å². The summed E-state index contributed by atoms with van der Waals surface area (Å²) in [6.07, 6.45) is 16.0. The molecule has 10 rings (SSSR count). The van der Waals surface area contributed by atoms with E-state index in [1.165, 1.54) is 16.7 Å². The Balaban J connectivity index is 1.13. The van der Waals surface area contributed by atoms with Crippen molar-refractivity contribution in [3.63, 3.8) is 0 Å². The van der Waals surface area contributed by atoms with Crippen LogP contribution in [0.4, 0.5) is 0 Å². The Labute approximate surface area is 424 Å². The van der Waals surface area contributed by atoms with Crippen LogP contribution in [0.3, 0.4) is 0 Å². The van der Waals surface area contributed by atoms with Crippen LogP contribution in [0, 0.1) is 0 Å². The van der Waals surface area contributed by atoms with Crippen molar-refractivity contribution in [2.45, 2.75) is 78.6 Å². The Bertz CT molecular complexity index is 3180. The van der Waals surface area contributed by atoms with Gasteiger partial charge in [0.1, 0.15) is 19.0 Å². The number of rotatable bonds is 9. The van der Waals surface area contributed by atoms with E-state index in [4.69, 9.17) is 4.98 Å². The quantitative estimate of drug-likeness (QED) is 0.142. The first-order valence-corrected chi connectivity index (χ1v) is 24.6. The summed E-state index contributed by atoms with van der Waals surface area (Å²) in [6, 6.07) is 51.4. The first-order valence-electron chi connectivity index (χ1n) is 24.6. The second-order valence-corrected chi connectivity index (χ2v) is 21.9. The van der Waals surface area contributed by atoms with Crippen molar-refractivity contribution in [1.29, 1.82) is 0 Å². The number of aromatic nitrogens is 7. The molecular weight excluding hydrogens is 879 g/mol. The van der Waals surface area contributed by atoms with E-state index in [-0.39, 0.29) is 16.2 Å². The Kier molecular flexibility index (Phi) is 12.6. The summed E-state index contributed by atoms with van der Waals surface area (Å²) in [5, 5.41) is 0. The Hall–Kier alpha value is -8.29. The van der Waals surface area contributed by atoms with Gasteiger partial charge in [0, 0.05) is 65.0 Å². The van der Waals surface area contributed by atoms with Crippen LogP contribution < -0.4 is 0 Å². The summed E-state index contributed by atoms with van der Waals surface area (Å²) >= 11 is 0. The fourth-order valence-corrected chi connectivity index (χ4v) is 9.11. The molecule has 0 aliphatic carbocycles. The van der Waals surface area contributed by atoms with Gasteiger partial charge in [0.2, 0.25) is 0 Å². The molecule has 0 aliphatic rings. The minimum absolute atomic E-state index is 0.0762. The molecule has 0 atom stereocenters. The summed E-state index contributed by atoms with van der Waals surface area (Å²) in [5.41, 5.74) is 22.4. The number of nitrogens with zero attached hydrogens (tertiary/aromatic N) is 7. The molecule has 0 saturated carbocycles. The van der Waals surface area contributed by atoms with Crippen molar-refractivity contribution in [3.05, 3.63) is 212 Å². The van der Waals surface area contributed by atoms with Gasteiger partial charge in [-0.05, 0) is 143 Å². The monoisotopic (exact) mass is 937 g/mol. The standard InChI is InChI=1S/C65H59N7/c1-63(2,3)58-25-48(22-51(28-58)55-33-66-39-67-34-55)42-13-10-14-43(19-42)54-31-61(46-17-11-15-44(20-46)49-23-52(56-35-68-40-69-36-56)29-59(26-49)64(4,5)6)72-62(32-54)47-18-12-16-45(21-47)50-24-53(57-37-70-41-71-38-57)30-60(27-50)65(7,8)9/h10-41H,1-9H3. The summed E-state index contributed by atoms with van der Waals surface area (Å²) in [7, 11) is 0. The molecule has 0 N–H and O–H groups in total. The first kappa shape index (κ1) is 47.4. The molecular formula is C65H59N7. The highest BCUT2D eigenvalue weighted by atomic mass is 14.8. The minimum Gasteiger partial charge on any atom is -0.248 e. The minimum atomic E-state index is -0.0803. The number of hydrogen-bond acceptors (Lipinski definition) is 7. The summed E-state index contributed by atoms with van der Waals surface area (Å²) in [4.78, 5) is 31.6. The topological polar surface area (TPSA) is 90.2 Å². The zero-order valence-electron chi connectivity index (χ0n) is 42.6. The van der Waals surface area contributed by atoms with Crippen LogP contribution in [0.2, 0.25) is 0 Å². The summed E-state index contributed by atoms with van der Waals surface area (Å²) < 4.78 is 0. The molecule has 0 aliphatic heterocycles. The Morgan fingerprint density at radius 3 is 0.736 bits per heavy atom. The van der Waals surface area contributed by atoms with Crippen LogP contribution >= 0.6 is 0 Å². The van der Waals surface area contributed by atoms with E-state index in [1.807, 2.05) is 37.2 Å². The van der Waals surface area contributed by atoms with E-state index in [1.54, 1.807) is 19.0 Å². The average Bonchev–Trinajstić information content (AvgIpc) is 3.40. The van der Waals surface area contributed by atoms with Crippen LogP contribution in [0.5, 0.6) is 0 Å². The number of hydrogen-bond donors (Lipinski definition) is 0. The maximum atomic E-state index is 5.53. The van der Waals surface area contributed by atoms with Crippen LogP contribution in [0.15, 0.2) is 196 Å². The fourth-order valence-electron chi connectivity index (χ4n) is 9.11. The van der Waals surface area contributed by atoms with Gasteiger partial charge < -0.3 is 0 Å². The van der Waals surface area contributed by atoms with Crippen molar-refractivity contribution >= 4 is 0 Å². The van der Waals surface area contributed by atoms with Gasteiger partial charge in [0.05, 0.1) is 11.4 Å². The smallest absolute Gasteiger partial charge is 0.115 e. The van der Waals surface area contributed by atoms with Gasteiger partial charge >= 0.3 is 0 Å². The summed E-state index contributed by atoms with van der Waals surface area (Å²) in [5.74, 6) is 0. The van der Waals surface area contributed by atoms with Crippen molar-refractivity contribution < 1.29 is 0 Å². The van der Waals surface area contributed by atoms with Crippen LogP contribution in [-0.2, 0) is 16.2 Å². The Morgan fingerprint density at radius 2 is 0.458 bits per heavy atom. The molecule has 10 aromatic rings. The lowest BCUT2D eigenvalue weighted by molar-refractivity contribution is 0.590. The second kappa shape index (κ2) is 19.1. The highest BCUT2D eigenvalue weighted by Gasteiger charge is 2.21. The zero-order chi connectivity index (χ0) is 50.2. The van der Waals surface area contributed by atoms with E-state index in [0.29, 0.717) is 0 Å². The highest BCUT2D eigenvalue weighted by Crippen LogP contribution is 2.40. The molecule has 72 heavy (non-hydrogen) atoms. The van der Waals surface area contributed by atoms with Gasteiger partial charge in [-0.3, -0.25) is 0 Å². The molecule has 6 aromatic carbocycles. The molecule has 7 heteroatoms. The third-order valence-corrected chi connectivity index (χ3v) is 13.4. The van der Waals surface area contributed by atoms with Gasteiger partial charge in [-0.2, -0.15) is 0 Å². The van der Waals surface area contributed by atoms with E-state index in [0.717, 1.165) is 100 Å².